The number of thiophene rings is 1. The maximum absolute atomic E-state index is 10.2. The Hall–Kier alpha value is -0.650. The van der Waals surface area contributed by atoms with Crippen LogP contribution in [-0.4, -0.2) is 42.9 Å². The molecule has 1 atom stereocenters. The van der Waals surface area contributed by atoms with E-state index >= 15 is 0 Å². The molecule has 0 saturated heterocycles. The zero-order valence-corrected chi connectivity index (χ0v) is 14.2. The van der Waals surface area contributed by atoms with E-state index in [1.54, 1.807) is 11.3 Å². The van der Waals surface area contributed by atoms with Gasteiger partial charge in [-0.3, -0.25) is 0 Å². The Bertz CT molecular complexity index is 534. The van der Waals surface area contributed by atoms with E-state index in [4.69, 9.17) is 4.74 Å². The summed E-state index contributed by atoms with van der Waals surface area (Å²) in [4.78, 5) is 2.31. The van der Waals surface area contributed by atoms with Crippen LogP contribution in [0.2, 0.25) is 0 Å². The van der Waals surface area contributed by atoms with Crippen LogP contribution in [0.5, 0.6) is 0 Å². The zero-order chi connectivity index (χ0) is 14.4. The van der Waals surface area contributed by atoms with Crippen molar-refractivity contribution in [2.45, 2.75) is 20.0 Å². The molecule has 0 aliphatic carbocycles. The van der Waals surface area contributed by atoms with E-state index in [-0.39, 0.29) is 13.8 Å². The van der Waals surface area contributed by atoms with Crippen LogP contribution in [0.1, 0.15) is 26.9 Å². The predicted octanol–water partition coefficient (Wildman–Crippen LogP) is 0.410. The lowest BCUT2D eigenvalue weighted by Gasteiger charge is -2.18. The molecule has 1 N–H and O–H groups in total. The van der Waals surface area contributed by atoms with Crippen LogP contribution in [0.3, 0.4) is 0 Å². The summed E-state index contributed by atoms with van der Waals surface area (Å²) in [5.74, 6) is 0. The summed E-state index contributed by atoms with van der Waals surface area (Å²) in [6, 6.07) is 8.17. The summed E-state index contributed by atoms with van der Waals surface area (Å²) in [7, 11) is 0. The van der Waals surface area contributed by atoms with Gasteiger partial charge in [-0.25, -0.2) is 0 Å². The average molecular weight is 330 g/mol. The fourth-order valence-electron chi connectivity index (χ4n) is 2.22. The third-order valence-corrected chi connectivity index (χ3v) is 4.48. The molecule has 2 aromatic rings. The molecule has 2 rings (SSSR count). The quantitative estimate of drug-likeness (QED) is 0.712. The minimum absolute atomic E-state index is 0. The maximum Gasteiger partial charge on any atom is 1.00 e. The van der Waals surface area contributed by atoms with Gasteiger partial charge in [-0.05, 0) is 47.6 Å². The predicted molar refractivity (Wildman–Crippen MR) is 86.5 cm³/mol. The molecular weight excluding hydrogens is 306 g/mol. The molecular formula is C16H24ClNO2S. The number of hydrogen-bond acceptors (Lipinski definition) is 4. The fraction of sp³-hybridized carbons (Fsp3) is 0.500. The van der Waals surface area contributed by atoms with Crippen LogP contribution in [0.4, 0.5) is 0 Å². The van der Waals surface area contributed by atoms with Crippen molar-refractivity contribution in [3.63, 3.8) is 0 Å². The molecule has 1 aromatic carbocycles. The first-order chi connectivity index (χ1) is 9.74. The Morgan fingerprint density at radius 2 is 2.05 bits per heavy atom. The highest BCUT2D eigenvalue weighted by atomic mass is 35.5. The number of likely N-dealkylation sites (N-methyl/N-ethyl adjacent to an activating group) is 1. The fourth-order valence-corrected chi connectivity index (χ4v) is 2.99. The first kappa shape index (κ1) is 18.4. The normalized spacial score (nSPS) is 12.6. The number of ether oxygens (including phenoxy) is 1. The van der Waals surface area contributed by atoms with Gasteiger partial charge in [-0.2, -0.15) is 0 Å². The van der Waals surface area contributed by atoms with E-state index in [9.17, 15) is 5.11 Å². The average Bonchev–Trinajstić information content (AvgIpc) is 2.94. The van der Waals surface area contributed by atoms with Gasteiger partial charge in [0.25, 0.3) is 0 Å². The number of hydrogen-bond donors (Lipinski definition) is 1. The van der Waals surface area contributed by atoms with Crippen LogP contribution >= 0.6 is 11.3 Å². The molecule has 3 nitrogen and oxygen atoms in total. The molecule has 0 aliphatic heterocycles. The molecule has 1 heterocycles. The molecule has 0 spiro atoms. The van der Waals surface area contributed by atoms with Crippen LogP contribution in [0.25, 0.3) is 10.1 Å². The number of halogens is 1. The minimum Gasteiger partial charge on any atom is -1.00 e. The SMILES string of the molecule is CCN(CC)CCOC[C@H](O)c1ccc2sccc2c1.[Cl-].[H+]. The van der Waals surface area contributed by atoms with E-state index in [1.807, 2.05) is 12.1 Å². The summed E-state index contributed by atoms with van der Waals surface area (Å²) < 4.78 is 6.84. The second-order valence-corrected chi connectivity index (χ2v) is 5.78. The topological polar surface area (TPSA) is 32.7 Å². The number of aliphatic hydroxyl groups is 1. The van der Waals surface area contributed by atoms with Crippen LogP contribution in [0.15, 0.2) is 29.6 Å². The number of rotatable bonds is 8. The molecule has 21 heavy (non-hydrogen) atoms. The second kappa shape index (κ2) is 9.38. The molecule has 0 radical (unpaired) electrons. The molecule has 0 bridgehead atoms. The van der Waals surface area contributed by atoms with E-state index in [1.165, 1.54) is 10.1 Å². The molecule has 0 saturated carbocycles. The van der Waals surface area contributed by atoms with E-state index in [2.05, 4.69) is 36.3 Å². The maximum atomic E-state index is 10.2. The van der Waals surface area contributed by atoms with Gasteiger partial charge in [-0.1, -0.05) is 19.9 Å². The van der Waals surface area contributed by atoms with Crippen molar-refractivity contribution in [2.24, 2.45) is 0 Å². The highest BCUT2D eigenvalue weighted by Crippen LogP contribution is 2.24. The van der Waals surface area contributed by atoms with Crippen molar-refractivity contribution in [3.05, 3.63) is 35.2 Å². The largest absolute Gasteiger partial charge is 1.00 e. The van der Waals surface area contributed by atoms with E-state index in [0.717, 1.165) is 25.2 Å². The lowest BCUT2D eigenvalue weighted by Crippen LogP contribution is -3.00. The first-order valence-corrected chi connectivity index (χ1v) is 8.07. The lowest BCUT2D eigenvalue weighted by molar-refractivity contribution is -0.00000588. The van der Waals surface area contributed by atoms with Crippen LogP contribution < -0.4 is 12.4 Å². The third kappa shape index (κ3) is 5.24. The van der Waals surface area contributed by atoms with Gasteiger partial charge in [0, 0.05) is 11.2 Å². The zero-order valence-electron chi connectivity index (χ0n) is 13.6. The number of aliphatic hydroxyl groups excluding tert-OH is 1. The van der Waals surface area contributed by atoms with Gasteiger partial charge in [0.05, 0.1) is 13.2 Å². The molecule has 118 valence electrons. The summed E-state index contributed by atoms with van der Waals surface area (Å²) in [5, 5.41) is 13.4. The van der Waals surface area contributed by atoms with Gasteiger partial charge in [0.1, 0.15) is 6.10 Å². The Morgan fingerprint density at radius 3 is 2.76 bits per heavy atom. The summed E-state index contributed by atoms with van der Waals surface area (Å²) in [6.45, 7) is 8.32. The summed E-state index contributed by atoms with van der Waals surface area (Å²) in [5.41, 5.74) is 0.929. The van der Waals surface area contributed by atoms with Gasteiger partial charge < -0.3 is 27.2 Å². The van der Waals surface area contributed by atoms with Crippen molar-refractivity contribution < 1.29 is 23.7 Å². The Kier molecular flexibility index (Phi) is 8.22. The Morgan fingerprint density at radius 1 is 1.29 bits per heavy atom. The number of nitrogens with zero attached hydrogens (tertiary/aromatic N) is 1. The van der Waals surface area contributed by atoms with Crippen molar-refractivity contribution in [3.8, 4) is 0 Å². The van der Waals surface area contributed by atoms with Crippen LogP contribution in [-0.2, 0) is 4.74 Å². The van der Waals surface area contributed by atoms with Crippen molar-refractivity contribution in [2.75, 3.05) is 32.8 Å². The Labute approximate surface area is 138 Å². The first-order valence-electron chi connectivity index (χ1n) is 7.20. The van der Waals surface area contributed by atoms with Gasteiger partial charge in [0.2, 0.25) is 0 Å². The second-order valence-electron chi connectivity index (χ2n) is 4.84. The van der Waals surface area contributed by atoms with Gasteiger partial charge in [0.15, 0.2) is 0 Å². The Balaban J connectivity index is 0.00000220. The van der Waals surface area contributed by atoms with Gasteiger partial charge >= 0.3 is 1.43 Å². The van der Waals surface area contributed by atoms with Crippen LogP contribution in [0, 0.1) is 0 Å². The van der Waals surface area contributed by atoms with Crippen molar-refractivity contribution >= 4 is 21.4 Å². The number of benzene rings is 1. The molecule has 1 aromatic heterocycles. The van der Waals surface area contributed by atoms with Gasteiger partial charge in [-0.15, -0.1) is 11.3 Å². The highest BCUT2D eigenvalue weighted by Gasteiger charge is 2.09. The van der Waals surface area contributed by atoms with Crippen molar-refractivity contribution in [1.82, 2.24) is 4.90 Å². The van der Waals surface area contributed by atoms with E-state index < -0.39 is 6.10 Å². The summed E-state index contributed by atoms with van der Waals surface area (Å²) in [6.07, 6.45) is -0.545. The smallest absolute Gasteiger partial charge is 1.00 e. The third-order valence-electron chi connectivity index (χ3n) is 3.58. The lowest BCUT2D eigenvalue weighted by atomic mass is 10.1. The minimum atomic E-state index is -0.545. The molecule has 0 fully saturated rings. The van der Waals surface area contributed by atoms with E-state index in [0.29, 0.717) is 13.2 Å². The summed E-state index contributed by atoms with van der Waals surface area (Å²) >= 11 is 1.72. The highest BCUT2D eigenvalue weighted by molar-refractivity contribution is 7.17. The molecule has 0 unspecified atom stereocenters. The number of fused-ring (bicyclic) bond motifs is 1. The standard InChI is InChI=1S/C16H23NO2S.ClH/c1-3-17(4-2)8-9-19-12-15(18)13-5-6-16-14(11-13)7-10-20-16;/h5-7,10-11,15,18H,3-4,8-9,12H2,1-2H3;1H/t15-;/m0./s1. The molecule has 0 aliphatic rings. The molecule has 0 amide bonds. The monoisotopic (exact) mass is 329 g/mol. The van der Waals surface area contributed by atoms with Crippen molar-refractivity contribution in [1.29, 1.82) is 0 Å². The molecule has 5 heteroatoms.